The largest absolute Gasteiger partial charge is 0.444 e. The molecule has 1 amide bonds. The monoisotopic (exact) mass is 225 g/mol. The number of nitrogens with zero attached hydrogens (tertiary/aromatic N) is 2. The van der Waals surface area contributed by atoms with E-state index in [1.54, 1.807) is 11.9 Å². The molecule has 0 bridgehead atoms. The molecule has 2 unspecified atom stereocenters. The third kappa shape index (κ3) is 3.11. The number of rotatable bonds is 1. The molecule has 0 aromatic carbocycles. The Hall–Kier alpha value is -1.28. The lowest BCUT2D eigenvalue weighted by Gasteiger charge is -2.24. The summed E-state index contributed by atoms with van der Waals surface area (Å²) in [5.41, 5.74) is -0.489. The van der Waals surface area contributed by atoms with Gasteiger partial charge in [0.25, 0.3) is 0 Å². The Bertz CT molecular complexity index is 303. The second kappa shape index (κ2) is 4.71. The van der Waals surface area contributed by atoms with Gasteiger partial charge < -0.3 is 15.0 Å². The number of amides is 1. The van der Waals surface area contributed by atoms with Crippen LogP contribution in [0.1, 0.15) is 20.8 Å². The van der Waals surface area contributed by atoms with Crippen LogP contribution in [0.3, 0.4) is 0 Å². The van der Waals surface area contributed by atoms with Crippen molar-refractivity contribution in [2.24, 2.45) is 5.92 Å². The van der Waals surface area contributed by atoms with Gasteiger partial charge in [-0.3, -0.25) is 0 Å². The van der Waals surface area contributed by atoms with E-state index in [2.05, 4.69) is 11.4 Å². The Morgan fingerprint density at radius 2 is 2.12 bits per heavy atom. The van der Waals surface area contributed by atoms with Crippen molar-refractivity contribution in [3.8, 4) is 6.07 Å². The maximum atomic E-state index is 11.8. The van der Waals surface area contributed by atoms with E-state index >= 15 is 0 Å². The number of ether oxygens (including phenoxy) is 1. The predicted octanol–water partition coefficient (Wildman–Crippen LogP) is 0.965. The number of likely N-dealkylation sites (N-methyl/N-ethyl adjacent to an activating group) is 1. The summed E-state index contributed by atoms with van der Waals surface area (Å²) < 4.78 is 5.26. The predicted molar refractivity (Wildman–Crippen MR) is 59.8 cm³/mol. The number of carbonyl (C=O) groups is 1. The molecule has 0 aliphatic carbocycles. The van der Waals surface area contributed by atoms with Crippen LogP contribution in [0.5, 0.6) is 0 Å². The molecule has 0 radical (unpaired) electrons. The zero-order chi connectivity index (χ0) is 12.3. The standard InChI is InChI=1S/C11H19N3O2/c1-11(2,3)16-10(15)14-6-8(5-12)9(7-14)13-4/h8-9,13H,6-7H2,1-4H3. The number of hydrogen-bond acceptors (Lipinski definition) is 4. The zero-order valence-corrected chi connectivity index (χ0v) is 10.3. The molecular weight excluding hydrogens is 206 g/mol. The van der Waals surface area contributed by atoms with E-state index in [1.165, 1.54) is 0 Å². The van der Waals surface area contributed by atoms with Crippen LogP contribution < -0.4 is 5.32 Å². The van der Waals surface area contributed by atoms with Crippen molar-refractivity contribution < 1.29 is 9.53 Å². The molecule has 1 N–H and O–H groups in total. The first-order chi connectivity index (χ1) is 7.37. The fraction of sp³-hybridized carbons (Fsp3) is 0.818. The summed E-state index contributed by atoms with van der Waals surface area (Å²) in [6.45, 7) is 6.47. The van der Waals surface area contributed by atoms with E-state index in [4.69, 9.17) is 10.00 Å². The minimum Gasteiger partial charge on any atom is -0.444 e. The van der Waals surface area contributed by atoms with Crippen molar-refractivity contribution in [1.82, 2.24) is 10.2 Å². The van der Waals surface area contributed by atoms with Crippen LogP contribution in [0.2, 0.25) is 0 Å². The summed E-state index contributed by atoms with van der Waals surface area (Å²) in [7, 11) is 1.80. The highest BCUT2D eigenvalue weighted by atomic mass is 16.6. The number of hydrogen-bond donors (Lipinski definition) is 1. The number of nitrogens with one attached hydrogen (secondary N) is 1. The Balaban J connectivity index is 2.58. The average Bonchev–Trinajstić information content (AvgIpc) is 2.57. The van der Waals surface area contributed by atoms with Crippen LogP contribution >= 0.6 is 0 Å². The van der Waals surface area contributed by atoms with E-state index in [9.17, 15) is 4.79 Å². The van der Waals surface area contributed by atoms with Crippen LogP contribution in [0.15, 0.2) is 0 Å². The molecule has 5 heteroatoms. The van der Waals surface area contributed by atoms with Gasteiger partial charge in [-0.1, -0.05) is 0 Å². The van der Waals surface area contributed by atoms with Crippen LogP contribution in [0.4, 0.5) is 4.79 Å². The van der Waals surface area contributed by atoms with Gasteiger partial charge in [0.15, 0.2) is 0 Å². The van der Waals surface area contributed by atoms with Gasteiger partial charge in [-0.2, -0.15) is 5.26 Å². The Labute approximate surface area is 96.4 Å². The first-order valence-electron chi connectivity index (χ1n) is 5.42. The molecule has 1 aliphatic heterocycles. The zero-order valence-electron chi connectivity index (χ0n) is 10.3. The van der Waals surface area contributed by atoms with Crippen molar-refractivity contribution >= 4 is 6.09 Å². The fourth-order valence-corrected chi connectivity index (χ4v) is 1.70. The smallest absolute Gasteiger partial charge is 0.410 e. The lowest BCUT2D eigenvalue weighted by Crippen LogP contribution is -2.37. The molecule has 0 aromatic heterocycles. The molecule has 1 fully saturated rings. The van der Waals surface area contributed by atoms with Gasteiger partial charge in [0.1, 0.15) is 5.60 Å². The minimum absolute atomic E-state index is 0.0394. The first-order valence-corrected chi connectivity index (χ1v) is 5.42. The van der Waals surface area contributed by atoms with Gasteiger partial charge in [-0.15, -0.1) is 0 Å². The Morgan fingerprint density at radius 1 is 1.50 bits per heavy atom. The Morgan fingerprint density at radius 3 is 2.50 bits per heavy atom. The maximum Gasteiger partial charge on any atom is 0.410 e. The molecule has 0 saturated carbocycles. The molecule has 1 aliphatic rings. The summed E-state index contributed by atoms with van der Waals surface area (Å²) in [6, 6.07) is 2.24. The maximum absolute atomic E-state index is 11.8. The van der Waals surface area contributed by atoms with Crippen molar-refractivity contribution in [2.75, 3.05) is 20.1 Å². The van der Waals surface area contributed by atoms with E-state index in [0.29, 0.717) is 13.1 Å². The third-order valence-corrected chi connectivity index (χ3v) is 2.51. The second-order valence-electron chi connectivity index (χ2n) is 5.02. The number of nitriles is 1. The molecule has 16 heavy (non-hydrogen) atoms. The summed E-state index contributed by atoms with van der Waals surface area (Å²) in [5, 5.41) is 12.0. The van der Waals surface area contributed by atoms with E-state index in [-0.39, 0.29) is 18.1 Å². The molecule has 0 spiro atoms. The lowest BCUT2D eigenvalue weighted by atomic mass is 10.1. The van der Waals surface area contributed by atoms with Crippen LogP contribution in [0.25, 0.3) is 0 Å². The molecular formula is C11H19N3O2. The number of likely N-dealkylation sites (tertiary alicyclic amines) is 1. The van der Waals surface area contributed by atoms with E-state index in [0.717, 1.165) is 0 Å². The highest BCUT2D eigenvalue weighted by Crippen LogP contribution is 2.19. The summed E-state index contributed by atoms with van der Waals surface area (Å²) in [5.74, 6) is -0.155. The molecule has 5 nitrogen and oxygen atoms in total. The quantitative estimate of drug-likeness (QED) is 0.722. The van der Waals surface area contributed by atoms with Crippen LogP contribution in [-0.2, 0) is 4.74 Å². The highest BCUT2D eigenvalue weighted by Gasteiger charge is 2.36. The van der Waals surface area contributed by atoms with Crippen LogP contribution in [-0.4, -0.2) is 42.8 Å². The topological polar surface area (TPSA) is 65.4 Å². The summed E-state index contributed by atoms with van der Waals surface area (Å²) in [6.07, 6.45) is -0.342. The van der Waals surface area contributed by atoms with Crippen molar-refractivity contribution in [3.63, 3.8) is 0 Å². The van der Waals surface area contributed by atoms with Gasteiger partial charge in [-0.25, -0.2) is 4.79 Å². The van der Waals surface area contributed by atoms with Gasteiger partial charge >= 0.3 is 6.09 Å². The number of carbonyl (C=O) groups excluding carboxylic acids is 1. The highest BCUT2D eigenvalue weighted by molar-refractivity contribution is 5.68. The second-order valence-corrected chi connectivity index (χ2v) is 5.02. The van der Waals surface area contributed by atoms with Crippen molar-refractivity contribution in [1.29, 1.82) is 5.26 Å². The SMILES string of the molecule is CNC1CN(C(=O)OC(C)(C)C)CC1C#N. The minimum atomic E-state index is -0.489. The van der Waals surface area contributed by atoms with E-state index < -0.39 is 5.60 Å². The fourth-order valence-electron chi connectivity index (χ4n) is 1.70. The molecule has 1 heterocycles. The van der Waals surface area contributed by atoms with E-state index in [1.807, 2.05) is 20.8 Å². The lowest BCUT2D eigenvalue weighted by molar-refractivity contribution is 0.0288. The van der Waals surface area contributed by atoms with Gasteiger partial charge in [0.2, 0.25) is 0 Å². The molecule has 1 saturated heterocycles. The third-order valence-electron chi connectivity index (χ3n) is 2.51. The summed E-state index contributed by atoms with van der Waals surface area (Å²) in [4.78, 5) is 13.3. The molecule has 0 aromatic rings. The van der Waals surface area contributed by atoms with Gasteiger partial charge in [0.05, 0.1) is 12.0 Å². The first kappa shape index (κ1) is 12.8. The normalized spacial score (nSPS) is 25.3. The van der Waals surface area contributed by atoms with Crippen molar-refractivity contribution in [3.05, 3.63) is 0 Å². The Kier molecular flexibility index (Phi) is 3.76. The van der Waals surface area contributed by atoms with Gasteiger partial charge in [0, 0.05) is 19.1 Å². The molecule has 90 valence electrons. The summed E-state index contributed by atoms with van der Waals surface area (Å²) >= 11 is 0. The molecule has 1 rings (SSSR count). The van der Waals surface area contributed by atoms with Crippen molar-refractivity contribution in [2.45, 2.75) is 32.4 Å². The van der Waals surface area contributed by atoms with Gasteiger partial charge in [-0.05, 0) is 27.8 Å². The molecule has 2 atom stereocenters. The average molecular weight is 225 g/mol. The van der Waals surface area contributed by atoms with Crippen LogP contribution in [0, 0.1) is 17.2 Å².